The van der Waals surface area contributed by atoms with Crippen molar-refractivity contribution in [1.29, 1.82) is 0 Å². The molecule has 0 aromatic heterocycles. The van der Waals surface area contributed by atoms with Gasteiger partial charge < -0.3 is 14.4 Å². The van der Waals surface area contributed by atoms with Crippen molar-refractivity contribution in [3.05, 3.63) is 0 Å². The molecule has 0 aliphatic carbocycles. The molecule has 0 aromatic carbocycles. The van der Waals surface area contributed by atoms with Gasteiger partial charge in [0.05, 0.1) is 6.61 Å². The highest BCUT2D eigenvalue weighted by molar-refractivity contribution is 5.68. The molecule has 5 nitrogen and oxygen atoms in total. The van der Waals surface area contributed by atoms with Crippen LogP contribution < -0.4 is 0 Å². The molecule has 0 unspecified atom stereocenters. The smallest absolute Gasteiger partial charge is 0.410 e. The summed E-state index contributed by atoms with van der Waals surface area (Å²) in [5.41, 5.74) is -0.419. The van der Waals surface area contributed by atoms with Gasteiger partial charge in [0, 0.05) is 39.3 Å². The first kappa shape index (κ1) is 15.2. The van der Waals surface area contributed by atoms with Crippen molar-refractivity contribution in [2.75, 3.05) is 39.9 Å². The molecular weight excluding hydrogens is 232 g/mol. The van der Waals surface area contributed by atoms with Gasteiger partial charge in [-0.05, 0) is 27.7 Å². The third kappa shape index (κ3) is 4.82. The van der Waals surface area contributed by atoms with E-state index in [2.05, 4.69) is 11.8 Å². The number of nitrogens with zero attached hydrogens (tertiary/aromatic N) is 2. The van der Waals surface area contributed by atoms with E-state index < -0.39 is 5.60 Å². The molecule has 1 rings (SSSR count). The Kier molecular flexibility index (Phi) is 5.41. The summed E-state index contributed by atoms with van der Waals surface area (Å²) < 4.78 is 10.5. The third-order valence-electron chi connectivity index (χ3n) is 3.00. The average Bonchev–Trinajstić information content (AvgIpc) is 2.27. The Hall–Kier alpha value is -0.810. The predicted molar refractivity (Wildman–Crippen MR) is 70.7 cm³/mol. The lowest BCUT2D eigenvalue weighted by atomic mass is 10.2. The third-order valence-corrected chi connectivity index (χ3v) is 3.00. The van der Waals surface area contributed by atoms with Crippen molar-refractivity contribution < 1.29 is 14.3 Å². The first-order valence-electron chi connectivity index (χ1n) is 6.54. The summed E-state index contributed by atoms with van der Waals surface area (Å²) in [6, 6.07) is 0.399. The van der Waals surface area contributed by atoms with Gasteiger partial charge in [-0.25, -0.2) is 4.79 Å². The second kappa shape index (κ2) is 6.38. The van der Waals surface area contributed by atoms with E-state index in [1.165, 1.54) is 0 Å². The molecule has 1 aliphatic heterocycles. The molecule has 1 saturated heterocycles. The van der Waals surface area contributed by atoms with E-state index in [4.69, 9.17) is 9.47 Å². The van der Waals surface area contributed by atoms with Crippen LogP contribution in [-0.2, 0) is 9.47 Å². The summed E-state index contributed by atoms with van der Waals surface area (Å²) >= 11 is 0. The van der Waals surface area contributed by atoms with E-state index in [1.807, 2.05) is 20.8 Å². The van der Waals surface area contributed by atoms with Crippen molar-refractivity contribution in [2.45, 2.75) is 39.3 Å². The number of hydrogen-bond donors (Lipinski definition) is 0. The van der Waals surface area contributed by atoms with Crippen molar-refractivity contribution >= 4 is 6.09 Å². The van der Waals surface area contributed by atoms with Crippen LogP contribution in [0, 0.1) is 0 Å². The summed E-state index contributed by atoms with van der Waals surface area (Å²) in [6.45, 7) is 11.8. The lowest BCUT2D eigenvalue weighted by Gasteiger charge is -2.38. The average molecular weight is 258 g/mol. The standard InChI is InChI=1S/C13H26N2O3/c1-11(10-17-5)14-6-8-15(9-7-14)12(16)18-13(2,3)4/h11H,6-10H2,1-5H3/t11-/m0/s1. The van der Waals surface area contributed by atoms with E-state index >= 15 is 0 Å². The topological polar surface area (TPSA) is 42.0 Å². The number of carbonyl (C=O) groups excluding carboxylic acids is 1. The molecule has 0 radical (unpaired) electrons. The highest BCUT2D eigenvalue weighted by atomic mass is 16.6. The van der Waals surface area contributed by atoms with Crippen LogP contribution in [0.4, 0.5) is 4.79 Å². The van der Waals surface area contributed by atoms with Gasteiger partial charge in [0.25, 0.3) is 0 Å². The molecule has 0 bridgehead atoms. The fourth-order valence-electron chi connectivity index (χ4n) is 2.02. The Morgan fingerprint density at radius 3 is 2.22 bits per heavy atom. The zero-order chi connectivity index (χ0) is 13.8. The zero-order valence-electron chi connectivity index (χ0n) is 12.2. The fourth-order valence-corrected chi connectivity index (χ4v) is 2.02. The van der Waals surface area contributed by atoms with Gasteiger partial charge >= 0.3 is 6.09 Å². The van der Waals surface area contributed by atoms with Gasteiger partial charge in [0.2, 0.25) is 0 Å². The van der Waals surface area contributed by atoms with Crippen molar-refractivity contribution in [3.63, 3.8) is 0 Å². The first-order chi connectivity index (χ1) is 8.33. The lowest BCUT2D eigenvalue weighted by Crippen LogP contribution is -2.53. The van der Waals surface area contributed by atoms with Gasteiger partial charge in [-0.15, -0.1) is 0 Å². The Balaban J connectivity index is 2.37. The molecule has 1 amide bonds. The summed E-state index contributed by atoms with van der Waals surface area (Å²) in [4.78, 5) is 16.0. The quantitative estimate of drug-likeness (QED) is 0.770. The van der Waals surface area contributed by atoms with E-state index in [0.29, 0.717) is 6.04 Å². The monoisotopic (exact) mass is 258 g/mol. The maximum Gasteiger partial charge on any atom is 0.410 e. The van der Waals surface area contributed by atoms with Gasteiger partial charge in [-0.3, -0.25) is 4.90 Å². The Labute approximate surface area is 110 Å². The molecule has 18 heavy (non-hydrogen) atoms. The van der Waals surface area contributed by atoms with E-state index in [-0.39, 0.29) is 6.09 Å². The number of hydrogen-bond acceptors (Lipinski definition) is 4. The summed E-state index contributed by atoms with van der Waals surface area (Å²) in [7, 11) is 1.72. The number of rotatable bonds is 3. The van der Waals surface area contributed by atoms with E-state index in [0.717, 1.165) is 32.8 Å². The lowest BCUT2D eigenvalue weighted by molar-refractivity contribution is 0.00617. The molecule has 106 valence electrons. The second-order valence-corrected chi connectivity index (χ2v) is 5.81. The summed E-state index contributed by atoms with van der Waals surface area (Å²) in [5.74, 6) is 0. The maximum atomic E-state index is 11.9. The van der Waals surface area contributed by atoms with E-state index in [1.54, 1.807) is 12.0 Å². The minimum atomic E-state index is -0.419. The molecule has 5 heteroatoms. The maximum absolute atomic E-state index is 11.9. The molecule has 0 N–H and O–H groups in total. The Morgan fingerprint density at radius 1 is 1.22 bits per heavy atom. The molecule has 1 heterocycles. The summed E-state index contributed by atoms with van der Waals surface area (Å²) in [5, 5.41) is 0. The van der Waals surface area contributed by atoms with Crippen LogP contribution in [0.15, 0.2) is 0 Å². The second-order valence-electron chi connectivity index (χ2n) is 5.81. The number of methoxy groups -OCH3 is 1. The van der Waals surface area contributed by atoms with Gasteiger partial charge in [-0.2, -0.15) is 0 Å². The minimum Gasteiger partial charge on any atom is -0.444 e. The normalized spacial score (nSPS) is 19.7. The molecule has 1 fully saturated rings. The molecular formula is C13H26N2O3. The van der Waals surface area contributed by atoms with Crippen molar-refractivity contribution in [3.8, 4) is 0 Å². The Morgan fingerprint density at radius 2 is 1.78 bits per heavy atom. The van der Waals surface area contributed by atoms with Crippen LogP contribution in [0.1, 0.15) is 27.7 Å². The molecule has 1 aliphatic rings. The number of ether oxygens (including phenoxy) is 2. The van der Waals surface area contributed by atoms with Crippen LogP contribution in [0.5, 0.6) is 0 Å². The largest absolute Gasteiger partial charge is 0.444 e. The molecule has 0 saturated carbocycles. The van der Waals surface area contributed by atoms with Gasteiger partial charge in [-0.1, -0.05) is 0 Å². The van der Waals surface area contributed by atoms with Crippen LogP contribution in [0.25, 0.3) is 0 Å². The first-order valence-corrected chi connectivity index (χ1v) is 6.54. The van der Waals surface area contributed by atoms with Crippen LogP contribution in [0.2, 0.25) is 0 Å². The molecule has 0 aromatic rings. The number of carbonyl (C=O) groups is 1. The van der Waals surface area contributed by atoms with Crippen LogP contribution >= 0.6 is 0 Å². The predicted octanol–water partition coefficient (Wildman–Crippen LogP) is 1.57. The van der Waals surface area contributed by atoms with Crippen LogP contribution in [0.3, 0.4) is 0 Å². The fraction of sp³-hybridized carbons (Fsp3) is 0.923. The Bertz CT molecular complexity index is 268. The minimum absolute atomic E-state index is 0.207. The van der Waals surface area contributed by atoms with Gasteiger partial charge in [0.15, 0.2) is 0 Å². The molecule has 0 spiro atoms. The SMILES string of the molecule is COC[C@H](C)N1CCN(C(=O)OC(C)(C)C)CC1. The van der Waals surface area contributed by atoms with Gasteiger partial charge in [0.1, 0.15) is 5.60 Å². The molecule has 1 atom stereocenters. The zero-order valence-corrected chi connectivity index (χ0v) is 12.2. The van der Waals surface area contributed by atoms with E-state index in [9.17, 15) is 4.79 Å². The number of amides is 1. The highest BCUT2D eigenvalue weighted by Crippen LogP contribution is 2.12. The highest BCUT2D eigenvalue weighted by Gasteiger charge is 2.27. The number of piperazine rings is 1. The van der Waals surface area contributed by atoms with Crippen molar-refractivity contribution in [1.82, 2.24) is 9.80 Å². The summed E-state index contributed by atoms with van der Waals surface area (Å²) in [6.07, 6.45) is -0.207. The van der Waals surface area contributed by atoms with Crippen LogP contribution in [-0.4, -0.2) is 67.4 Å². The van der Waals surface area contributed by atoms with Crippen molar-refractivity contribution in [2.24, 2.45) is 0 Å².